The van der Waals surface area contributed by atoms with Crippen LogP contribution in [-0.2, 0) is 0 Å². The van der Waals surface area contributed by atoms with E-state index in [1.165, 1.54) is 24.3 Å². The Morgan fingerprint density at radius 2 is 0.889 bits per heavy atom. The summed E-state index contributed by atoms with van der Waals surface area (Å²) in [7, 11) is 0. The third kappa shape index (κ3) is 2.47. The zero-order valence-electron chi connectivity index (χ0n) is 8.72. The van der Waals surface area contributed by atoms with Crippen molar-refractivity contribution < 1.29 is 10.2 Å². The molecule has 2 aromatic rings. The van der Waals surface area contributed by atoms with Crippen molar-refractivity contribution in [2.75, 3.05) is 0 Å². The molecule has 0 aliphatic carbocycles. The van der Waals surface area contributed by atoms with E-state index in [2.05, 4.69) is 0 Å². The Labute approximate surface area is 123 Å². The second-order valence-corrected chi connectivity index (χ2v) is 5.20. The number of benzene rings is 2. The van der Waals surface area contributed by atoms with Gasteiger partial charge in [0.15, 0.2) is 0 Å². The summed E-state index contributed by atoms with van der Waals surface area (Å²) in [5.74, 6) is -0.238. The fourth-order valence-corrected chi connectivity index (χ4v) is 2.33. The monoisotopic (exact) mass is 322 g/mol. The van der Waals surface area contributed by atoms with Crippen LogP contribution in [0.1, 0.15) is 0 Å². The molecule has 0 unspecified atom stereocenters. The van der Waals surface area contributed by atoms with Crippen LogP contribution in [0, 0.1) is 0 Å². The minimum atomic E-state index is -0.119. The van der Waals surface area contributed by atoms with Crippen LogP contribution in [0.3, 0.4) is 0 Å². The summed E-state index contributed by atoms with van der Waals surface area (Å²) >= 11 is 23.7. The Balaban J connectivity index is 2.69. The van der Waals surface area contributed by atoms with Crippen LogP contribution in [-0.4, -0.2) is 10.2 Å². The zero-order chi connectivity index (χ0) is 13.4. The maximum Gasteiger partial charge on any atom is 0.135 e. The molecule has 2 N–H and O–H groups in total. The van der Waals surface area contributed by atoms with E-state index in [0.717, 1.165) is 0 Å². The van der Waals surface area contributed by atoms with Gasteiger partial charge in [0.05, 0.1) is 20.1 Å². The Hall–Kier alpha value is -0.800. The number of phenolic OH excluding ortho intramolecular Hbond substituents is 2. The molecule has 0 atom stereocenters. The highest BCUT2D eigenvalue weighted by atomic mass is 35.5. The highest BCUT2D eigenvalue weighted by Gasteiger charge is 2.14. The summed E-state index contributed by atoms with van der Waals surface area (Å²) in [6.45, 7) is 0. The van der Waals surface area contributed by atoms with Crippen molar-refractivity contribution >= 4 is 46.4 Å². The molecular weight excluding hydrogens is 318 g/mol. The van der Waals surface area contributed by atoms with Crippen LogP contribution in [0.5, 0.6) is 11.5 Å². The molecule has 0 spiro atoms. The van der Waals surface area contributed by atoms with E-state index in [1.54, 1.807) is 0 Å². The molecule has 0 aliphatic heterocycles. The van der Waals surface area contributed by atoms with Gasteiger partial charge in [0.2, 0.25) is 0 Å². The third-order valence-electron chi connectivity index (χ3n) is 2.36. The summed E-state index contributed by atoms with van der Waals surface area (Å²) in [5, 5.41) is 19.7. The minimum absolute atomic E-state index is 0.119. The molecule has 0 fully saturated rings. The summed E-state index contributed by atoms with van der Waals surface area (Å²) in [4.78, 5) is 0. The third-order valence-corrected chi connectivity index (χ3v) is 3.59. The van der Waals surface area contributed by atoms with Crippen molar-refractivity contribution in [2.24, 2.45) is 0 Å². The van der Waals surface area contributed by atoms with Gasteiger partial charge in [-0.25, -0.2) is 0 Å². The average molecular weight is 324 g/mol. The lowest BCUT2D eigenvalue weighted by atomic mass is 10.1. The molecule has 2 nitrogen and oxygen atoms in total. The predicted molar refractivity (Wildman–Crippen MR) is 75.2 cm³/mol. The van der Waals surface area contributed by atoms with Crippen LogP contribution < -0.4 is 0 Å². The summed E-state index contributed by atoms with van der Waals surface area (Å²) in [6, 6.07) is 5.59. The molecule has 2 rings (SSSR count). The molecule has 6 heteroatoms. The van der Waals surface area contributed by atoms with Gasteiger partial charge in [-0.2, -0.15) is 0 Å². The molecule has 0 saturated carbocycles. The van der Waals surface area contributed by atoms with Crippen LogP contribution in [0.4, 0.5) is 0 Å². The Morgan fingerprint density at radius 1 is 0.556 bits per heavy atom. The molecule has 0 aliphatic rings. The van der Waals surface area contributed by atoms with Gasteiger partial charge < -0.3 is 10.2 Å². The normalized spacial score (nSPS) is 10.7. The van der Waals surface area contributed by atoms with Crippen LogP contribution >= 0.6 is 46.4 Å². The molecule has 18 heavy (non-hydrogen) atoms. The largest absolute Gasteiger partial charge is 0.506 e. The quantitative estimate of drug-likeness (QED) is 0.739. The molecule has 0 heterocycles. The van der Waals surface area contributed by atoms with Crippen LogP contribution in [0.25, 0.3) is 11.1 Å². The maximum atomic E-state index is 9.42. The number of aromatic hydroxyl groups is 2. The van der Waals surface area contributed by atoms with Crippen LogP contribution in [0.2, 0.25) is 20.1 Å². The first kappa shape index (κ1) is 13.6. The van der Waals surface area contributed by atoms with Gasteiger partial charge in [0, 0.05) is 23.3 Å². The molecule has 0 amide bonds. The zero-order valence-corrected chi connectivity index (χ0v) is 11.7. The first-order chi connectivity index (χ1) is 8.40. The van der Waals surface area contributed by atoms with Crippen molar-refractivity contribution in [3.63, 3.8) is 0 Å². The van der Waals surface area contributed by atoms with E-state index in [-0.39, 0.29) is 31.6 Å². The second-order valence-electron chi connectivity index (χ2n) is 3.57. The molecule has 0 bridgehead atoms. The van der Waals surface area contributed by atoms with E-state index in [9.17, 15) is 10.2 Å². The van der Waals surface area contributed by atoms with Gasteiger partial charge in [0.25, 0.3) is 0 Å². The van der Waals surface area contributed by atoms with Crippen molar-refractivity contribution in [1.82, 2.24) is 0 Å². The fourth-order valence-electron chi connectivity index (χ4n) is 1.49. The average Bonchev–Trinajstić information content (AvgIpc) is 2.29. The lowest BCUT2D eigenvalue weighted by molar-refractivity contribution is 0.475. The molecule has 94 valence electrons. The van der Waals surface area contributed by atoms with E-state index >= 15 is 0 Å². The van der Waals surface area contributed by atoms with Gasteiger partial charge in [-0.3, -0.25) is 0 Å². The molecule has 0 aromatic heterocycles. The van der Waals surface area contributed by atoms with Crippen molar-refractivity contribution in [3.8, 4) is 22.6 Å². The first-order valence-electron chi connectivity index (χ1n) is 4.76. The van der Waals surface area contributed by atoms with E-state index < -0.39 is 0 Å². The molecular formula is C12H6Cl4O2. The fraction of sp³-hybridized carbons (Fsp3) is 0. The van der Waals surface area contributed by atoms with Crippen molar-refractivity contribution in [2.45, 2.75) is 0 Å². The summed E-state index contributed by atoms with van der Waals surface area (Å²) < 4.78 is 0. The van der Waals surface area contributed by atoms with Crippen LogP contribution in [0.15, 0.2) is 24.3 Å². The van der Waals surface area contributed by atoms with Crippen molar-refractivity contribution in [1.29, 1.82) is 0 Å². The topological polar surface area (TPSA) is 40.5 Å². The number of hydrogen-bond acceptors (Lipinski definition) is 2. The summed E-state index contributed by atoms with van der Waals surface area (Å²) in [6.07, 6.45) is 0. The Bertz CT molecular complexity index is 570. The predicted octanol–water partition coefficient (Wildman–Crippen LogP) is 5.38. The number of phenols is 2. The number of halogens is 4. The van der Waals surface area contributed by atoms with E-state index in [4.69, 9.17) is 46.4 Å². The maximum absolute atomic E-state index is 9.42. The first-order valence-corrected chi connectivity index (χ1v) is 6.27. The van der Waals surface area contributed by atoms with E-state index in [0.29, 0.717) is 11.1 Å². The molecule has 0 radical (unpaired) electrons. The number of hydrogen-bond donors (Lipinski definition) is 2. The standard InChI is InChI=1S/C12H6Cl4O2/c13-7-3-11(17)9(15)1-5(7)6-2-10(16)12(18)4-8(6)14/h1-4,17-18H. The van der Waals surface area contributed by atoms with Crippen molar-refractivity contribution in [3.05, 3.63) is 44.4 Å². The Kier molecular flexibility index (Phi) is 3.83. The lowest BCUT2D eigenvalue weighted by Crippen LogP contribution is -1.84. The van der Waals surface area contributed by atoms with Gasteiger partial charge in [-0.1, -0.05) is 46.4 Å². The van der Waals surface area contributed by atoms with Gasteiger partial charge >= 0.3 is 0 Å². The SMILES string of the molecule is Oc1cc(Cl)c(-c2cc(Cl)c(O)cc2Cl)cc1Cl. The highest BCUT2D eigenvalue weighted by molar-refractivity contribution is 6.39. The van der Waals surface area contributed by atoms with Gasteiger partial charge in [-0.15, -0.1) is 0 Å². The Morgan fingerprint density at radius 3 is 1.22 bits per heavy atom. The summed E-state index contributed by atoms with van der Waals surface area (Å²) in [5.41, 5.74) is 1.04. The van der Waals surface area contributed by atoms with Gasteiger partial charge in [-0.05, 0) is 12.1 Å². The smallest absolute Gasteiger partial charge is 0.135 e. The van der Waals surface area contributed by atoms with E-state index in [1.807, 2.05) is 0 Å². The molecule has 2 aromatic carbocycles. The lowest BCUT2D eigenvalue weighted by Gasteiger charge is -2.10. The molecule has 0 saturated heterocycles. The highest BCUT2D eigenvalue weighted by Crippen LogP contribution is 2.41. The second kappa shape index (κ2) is 5.06. The minimum Gasteiger partial charge on any atom is -0.506 e. The van der Waals surface area contributed by atoms with Gasteiger partial charge in [0.1, 0.15) is 11.5 Å². The number of rotatable bonds is 1.